The number of carboxylic acids is 1. The van der Waals surface area contributed by atoms with Gasteiger partial charge in [0.1, 0.15) is 0 Å². The van der Waals surface area contributed by atoms with E-state index < -0.39 is 5.97 Å². The first-order chi connectivity index (χ1) is 3.64. The summed E-state index contributed by atoms with van der Waals surface area (Å²) in [6, 6.07) is 0. The minimum atomic E-state index is -0.935. The van der Waals surface area contributed by atoms with Crippen LogP contribution in [-0.4, -0.2) is 11.1 Å². The topological polar surface area (TPSA) is 37.3 Å². The standard InChI is InChI=1S/C4H6O2.C2H5.Na/c1-3(2)4(5)6;1-2;/h1H2,2H3,(H,5,6);1H2,2H3;/q;-1;+1. The van der Waals surface area contributed by atoms with Gasteiger partial charge in [-0.25, -0.2) is 4.79 Å². The quantitative estimate of drug-likeness (QED) is 0.272. The average Bonchev–Trinajstić information content (AvgIpc) is 1.72. The Hall–Kier alpha value is 0.210. The summed E-state index contributed by atoms with van der Waals surface area (Å²) in [4.78, 5) is 9.60. The van der Waals surface area contributed by atoms with Crippen LogP contribution in [0.2, 0.25) is 0 Å². The largest absolute Gasteiger partial charge is 1.00 e. The minimum absolute atomic E-state index is 0. The summed E-state index contributed by atoms with van der Waals surface area (Å²) in [5, 5.41) is 7.89. The second-order valence-corrected chi connectivity index (χ2v) is 1.09. The van der Waals surface area contributed by atoms with Gasteiger partial charge in [-0.1, -0.05) is 6.58 Å². The molecule has 48 valence electrons. The van der Waals surface area contributed by atoms with Crippen LogP contribution < -0.4 is 29.6 Å². The maximum Gasteiger partial charge on any atom is 1.00 e. The van der Waals surface area contributed by atoms with Crippen molar-refractivity contribution in [2.45, 2.75) is 13.8 Å². The first-order valence-electron chi connectivity index (χ1n) is 2.24. The van der Waals surface area contributed by atoms with E-state index in [4.69, 9.17) is 5.11 Å². The molecule has 2 nitrogen and oxygen atoms in total. The minimum Gasteiger partial charge on any atom is -0.478 e. The normalized spacial score (nSPS) is 5.67. The predicted octanol–water partition coefficient (Wildman–Crippen LogP) is -1.51. The summed E-state index contributed by atoms with van der Waals surface area (Å²) >= 11 is 0. The average molecular weight is 138 g/mol. The molecule has 0 atom stereocenters. The molecule has 0 aromatic heterocycles. The second-order valence-electron chi connectivity index (χ2n) is 1.09. The third kappa shape index (κ3) is 17.9. The van der Waals surface area contributed by atoms with Gasteiger partial charge < -0.3 is 12.0 Å². The van der Waals surface area contributed by atoms with Crippen LogP contribution in [0.15, 0.2) is 12.2 Å². The summed E-state index contributed by atoms with van der Waals surface area (Å²) in [5.74, 6) is -0.935. The summed E-state index contributed by atoms with van der Waals surface area (Å²) < 4.78 is 0. The Morgan fingerprint density at radius 3 is 1.67 bits per heavy atom. The number of carboxylic acid groups (broad SMARTS) is 1. The van der Waals surface area contributed by atoms with Crippen molar-refractivity contribution in [3.05, 3.63) is 19.1 Å². The van der Waals surface area contributed by atoms with Crippen LogP contribution in [0.1, 0.15) is 13.8 Å². The number of rotatable bonds is 1. The molecule has 0 rings (SSSR count). The van der Waals surface area contributed by atoms with Crippen molar-refractivity contribution >= 4 is 5.97 Å². The Kier molecular flexibility index (Phi) is 19.8. The fraction of sp³-hybridized carbons (Fsp3) is 0.333. The molecular weight excluding hydrogens is 127 g/mol. The summed E-state index contributed by atoms with van der Waals surface area (Å²) in [6.45, 7) is 9.60. The first kappa shape index (κ1) is 16.1. The first-order valence-corrected chi connectivity index (χ1v) is 2.24. The van der Waals surface area contributed by atoms with E-state index in [-0.39, 0.29) is 35.1 Å². The zero-order valence-electron chi connectivity index (χ0n) is 6.27. The van der Waals surface area contributed by atoms with Gasteiger partial charge in [0.15, 0.2) is 0 Å². The molecule has 0 amide bonds. The van der Waals surface area contributed by atoms with Crippen molar-refractivity contribution in [3.8, 4) is 0 Å². The van der Waals surface area contributed by atoms with Crippen molar-refractivity contribution in [2.24, 2.45) is 0 Å². The van der Waals surface area contributed by atoms with Crippen molar-refractivity contribution in [1.82, 2.24) is 0 Å². The van der Waals surface area contributed by atoms with E-state index in [1.54, 1.807) is 6.92 Å². The van der Waals surface area contributed by atoms with E-state index in [9.17, 15) is 4.79 Å². The fourth-order valence-corrected chi connectivity index (χ4v) is 0. The number of carbonyl (C=O) groups is 1. The van der Waals surface area contributed by atoms with E-state index >= 15 is 0 Å². The fourth-order valence-electron chi connectivity index (χ4n) is 0. The van der Waals surface area contributed by atoms with E-state index in [1.807, 2.05) is 0 Å². The van der Waals surface area contributed by atoms with Crippen LogP contribution in [0.4, 0.5) is 0 Å². The van der Waals surface area contributed by atoms with Crippen LogP contribution in [-0.2, 0) is 4.79 Å². The van der Waals surface area contributed by atoms with Gasteiger partial charge in [-0.15, -0.1) is 0 Å². The molecule has 9 heavy (non-hydrogen) atoms. The van der Waals surface area contributed by atoms with Gasteiger partial charge in [0, 0.05) is 5.57 Å². The summed E-state index contributed by atoms with van der Waals surface area (Å²) in [6.07, 6.45) is 0. The molecule has 1 N–H and O–H groups in total. The number of aliphatic carboxylic acids is 1. The van der Waals surface area contributed by atoms with E-state index in [0.717, 1.165) is 0 Å². The molecule has 0 fully saturated rings. The number of hydrogen-bond donors (Lipinski definition) is 1. The third-order valence-electron chi connectivity index (χ3n) is 0.365. The zero-order chi connectivity index (χ0) is 7.15. The van der Waals surface area contributed by atoms with Gasteiger partial charge >= 0.3 is 35.5 Å². The second kappa shape index (κ2) is 11.1. The Bertz CT molecular complexity index is 77.1. The molecule has 0 aliphatic rings. The van der Waals surface area contributed by atoms with Crippen molar-refractivity contribution in [1.29, 1.82) is 0 Å². The molecule has 0 aliphatic carbocycles. The molecule has 0 saturated heterocycles. The van der Waals surface area contributed by atoms with Crippen LogP contribution >= 0.6 is 0 Å². The van der Waals surface area contributed by atoms with Crippen LogP contribution in [0.5, 0.6) is 0 Å². The Morgan fingerprint density at radius 1 is 1.56 bits per heavy atom. The SMILES string of the molecule is C=C(C)C(=O)O.[CH2-]C.[Na+]. The van der Waals surface area contributed by atoms with Gasteiger partial charge in [-0.3, -0.25) is 0 Å². The van der Waals surface area contributed by atoms with Crippen molar-refractivity contribution < 1.29 is 39.5 Å². The van der Waals surface area contributed by atoms with Crippen molar-refractivity contribution in [2.75, 3.05) is 0 Å². The molecule has 0 saturated carbocycles. The smallest absolute Gasteiger partial charge is 0.478 e. The van der Waals surface area contributed by atoms with Crippen molar-refractivity contribution in [3.63, 3.8) is 0 Å². The van der Waals surface area contributed by atoms with Crippen LogP contribution in [0, 0.1) is 6.92 Å². The molecule has 3 heteroatoms. The number of hydrogen-bond acceptors (Lipinski definition) is 1. The van der Waals surface area contributed by atoms with E-state index in [0.29, 0.717) is 0 Å². The Morgan fingerprint density at radius 2 is 1.67 bits per heavy atom. The van der Waals surface area contributed by atoms with E-state index in [1.165, 1.54) is 6.92 Å². The van der Waals surface area contributed by atoms with Gasteiger partial charge in [0.25, 0.3) is 0 Å². The molecule has 0 aromatic carbocycles. The molecular formula is C6H11NaO2. The molecule has 0 aliphatic heterocycles. The summed E-state index contributed by atoms with van der Waals surface area (Å²) in [5.41, 5.74) is 0.176. The Labute approximate surface area is 78.2 Å². The maximum absolute atomic E-state index is 9.60. The summed E-state index contributed by atoms with van der Waals surface area (Å²) in [7, 11) is 0. The Balaban J connectivity index is -0.000000109. The molecule has 0 radical (unpaired) electrons. The van der Waals surface area contributed by atoms with Gasteiger partial charge in [-0.2, -0.15) is 6.92 Å². The van der Waals surface area contributed by atoms with Crippen LogP contribution in [0.25, 0.3) is 0 Å². The molecule has 0 unspecified atom stereocenters. The molecule has 0 bridgehead atoms. The van der Waals surface area contributed by atoms with E-state index in [2.05, 4.69) is 13.5 Å². The van der Waals surface area contributed by atoms with Gasteiger partial charge in [0.2, 0.25) is 0 Å². The maximum atomic E-state index is 9.60. The third-order valence-corrected chi connectivity index (χ3v) is 0.365. The zero-order valence-corrected chi connectivity index (χ0v) is 8.27. The molecule has 0 heterocycles. The van der Waals surface area contributed by atoms with Gasteiger partial charge in [-0.05, 0) is 6.92 Å². The molecule has 0 spiro atoms. The molecule has 0 aromatic rings. The van der Waals surface area contributed by atoms with Crippen LogP contribution in [0.3, 0.4) is 0 Å². The predicted molar refractivity (Wildman–Crippen MR) is 33.5 cm³/mol. The van der Waals surface area contributed by atoms with Gasteiger partial charge in [0.05, 0.1) is 0 Å². The monoisotopic (exact) mass is 138 g/mol.